The third-order valence-electron chi connectivity index (χ3n) is 4.40. The lowest BCUT2D eigenvalue weighted by Crippen LogP contribution is -2.32. The predicted octanol–water partition coefficient (Wildman–Crippen LogP) is 2.17. The van der Waals surface area contributed by atoms with Gasteiger partial charge in [0.15, 0.2) is 5.78 Å². The van der Waals surface area contributed by atoms with E-state index in [1.165, 1.54) is 0 Å². The van der Waals surface area contributed by atoms with E-state index in [1.807, 2.05) is 36.9 Å². The summed E-state index contributed by atoms with van der Waals surface area (Å²) in [5.41, 5.74) is 2.87. The first kappa shape index (κ1) is 14.3. The van der Waals surface area contributed by atoms with Gasteiger partial charge in [-0.3, -0.25) is 9.59 Å². The van der Waals surface area contributed by atoms with Crippen LogP contribution in [0.5, 0.6) is 0 Å². The highest BCUT2D eigenvalue weighted by Crippen LogP contribution is 2.30. The molecule has 2 heterocycles. The van der Waals surface area contributed by atoms with Crippen molar-refractivity contribution in [2.75, 3.05) is 18.0 Å². The van der Waals surface area contributed by atoms with Crippen molar-refractivity contribution in [2.24, 2.45) is 5.92 Å². The van der Waals surface area contributed by atoms with E-state index in [0.717, 1.165) is 49.2 Å². The molecule has 2 aliphatic rings. The first-order valence-corrected chi connectivity index (χ1v) is 7.80. The lowest BCUT2D eigenvalue weighted by Gasteiger charge is -2.19. The van der Waals surface area contributed by atoms with Crippen molar-refractivity contribution < 1.29 is 9.59 Å². The third-order valence-corrected chi connectivity index (χ3v) is 4.40. The predicted molar refractivity (Wildman–Crippen MR) is 82.7 cm³/mol. The molecule has 1 fully saturated rings. The molecule has 1 atom stereocenters. The molecule has 1 aromatic rings. The summed E-state index contributed by atoms with van der Waals surface area (Å²) < 4.78 is 0. The monoisotopic (exact) mass is 286 g/mol. The van der Waals surface area contributed by atoms with Crippen LogP contribution in [0.4, 0.5) is 5.69 Å². The Kier molecular flexibility index (Phi) is 3.81. The van der Waals surface area contributed by atoms with E-state index in [1.54, 1.807) is 0 Å². The van der Waals surface area contributed by atoms with Crippen molar-refractivity contribution in [3.8, 4) is 0 Å². The molecule has 21 heavy (non-hydrogen) atoms. The number of carbonyl (C=O) groups is 2. The summed E-state index contributed by atoms with van der Waals surface area (Å²) in [7, 11) is 0. The molecule has 0 aromatic heterocycles. The van der Waals surface area contributed by atoms with E-state index in [9.17, 15) is 9.59 Å². The highest BCUT2D eigenvalue weighted by atomic mass is 16.2. The highest BCUT2D eigenvalue weighted by Gasteiger charge is 2.28. The summed E-state index contributed by atoms with van der Waals surface area (Å²) in [6, 6.07) is 5.75. The van der Waals surface area contributed by atoms with Crippen molar-refractivity contribution in [3.63, 3.8) is 0 Å². The number of benzene rings is 1. The van der Waals surface area contributed by atoms with Crippen LogP contribution in [0.15, 0.2) is 18.2 Å². The van der Waals surface area contributed by atoms with Crippen LogP contribution in [0, 0.1) is 5.92 Å². The van der Waals surface area contributed by atoms with Crippen LogP contribution in [0.25, 0.3) is 0 Å². The molecule has 2 aliphatic heterocycles. The maximum Gasteiger partial charge on any atom is 0.229 e. The minimum Gasteiger partial charge on any atom is -0.312 e. The van der Waals surface area contributed by atoms with Gasteiger partial charge in [-0.25, -0.2) is 0 Å². The molecule has 112 valence electrons. The van der Waals surface area contributed by atoms with E-state index in [0.29, 0.717) is 0 Å². The van der Waals surface area contributed by atoms with Crippen LogP contribution in [-0.4, -0.2) is 30.8 Å². The summed E-state index contributed by atoms with van der Waals surface area (Å²) in [4.78, 5) is 26.5. The molecule has 1 aromatic carbocycles. The minimum absolute atomic E-state index is 0.0000488. The molecule has 4 nitrogen and oxygen atoms in total. The number of amides is 1. The van der Waals surface area contributed by atoms with E-state index >= 15 is 0 Å². The van der Waals surface area contributed by atoms with Gasteiger partial charge < -0.3 is 10.2 Å². The van der Waals surface area contributed by atoms with Crippen molar-refractivity contribution in [1.29, 1.82) is 0 Å². The normalized spacial score (nSPS) is 20.9. The Bertz CT molecular complexity index is 574. The number of carbonyl (C=O) groups excluding carboxylic acids is 2. The van der Waals surface area contributed by atoms with Crippen LogP contribution in [0.2, 0.25) is 0 Å². The number of nitrogens with one attached hydrogen (secondary N) is 1. The second-order valence-electron chi connectivity index (χ2n) is 6.25. The summed E-state index contributed by atoms with van der Waals surface area (Å²) >= 11 is 0. The van der Waals surface area contributed by atoms with E-state index in [2.05, 4.69) is 5.32 Å². The van der Waals surface area contributed by atoms with Crippen molar-refractivity contribution in [3.05, 3.63) is 29.3 Å². The van der Waals surface area contributed by atoms with Crippen molar-refractivity contribution in [2.45, 2.75) is 39.2 Å². The van der Waals surface area contributed by atoms with Crippen LogP contribution in [0.1, 0.15) is 42.6 Å². The minimum atomic E-state index is -0.0298. The summed E-state index contributed by atoms with van der Waals surface area (Å²) in [6.07, 6.45) is 2.83. The molecule has 1 saturated heterocycles. The van der Waals surface area contributed by atoms with Gasteiger partial charge in [0.2, 0.25) is 5.91 Å². The number of hydrogen-bond acceptors (Lipinski definition) is 3. The fourth-order valence-electron chi connectivity index (χ4n) is 3.21. The van der Waals surface area contributed by atoms with Crippen molar-refractivity contribution >= 4 is 17.4 Å². The zero-order chi connectivity index (χ0) is 15.0. The molecule has 0 aliphatic carbocycles. The van der Waals surface area contributed by atoms with Gasteiger partial charge in [0.1, 0.15) is 0 Å². The van der Waals surface area contributed by atoms with E-state index < -0.39 is 0 Å². The van der Waals surface area contributed by atoms with Crippen LogP contribution < -0.4 is 10.2 Å². The Morgan fingerprint density at radius 1 is 1.33 bits per heavy atom. The van der Waals surface area contributed by atoms with Gasteiger partial charge in [-0.05, 0) is 49.6 Å². The second-order valence-corrected chi connectivity index (χ2v) is 6.25. The Labute approximate surface area is 125 Å². The Balaban J connectivity index is 1.83. The fraction of sp³-hybridized carbons (Fsp3) is 0.529. The van der Waals surface area contributed by atoms with Crippen LogP contribution in [0.3, 0.4) is 0 Å². The number of hydrogen-bond donors (Lipinski definition) is 1. The lowest BCUT2D eigenvalue weighted by molar-refractivity contribution is -0.121. The molecule has 1 unspecified atom stereocenters. The smallest absolute Gasteiger partial charge is 0.229 e. The average molecular weight is 286 g/mol. The second kappa shape index (κ2) is 5.60. The van der Waals surface area contributed by atoms with Gasteiger partial charge >= 0.3 is 0 Å². The van der Waals surface area contributed by atoms with E-state index in [-0.39, 0.29) is 23.7 Å². The van der Waals surface area contributed by atoms with Gasteiger partial charge in [-0.1, -0.05) is 13.8 Å². The molecule has 3 rings (SSSR count). The topological polar surface area (TPSA) is 49.4 Å². The number of rotatable bonds is 3. The molecular weight excluding hydrogens is 264 g/mol. The van der Waals surface area contributed by atoms with Gasteiger partial charge in [0.05, 0.1) is 6.04 Å². The summed E-state index contributed by atoms with van der Waals surface area (Å²) in [5, 5.41) is 3.25. The number of fused-ring (bicyclic) bond motifs is 1. The molecule has 1 amide bonds. The third kappa shape index (κ3) is 2.60. The molecular formula is C17H22N2O2. The standard InChI is InChI=1S/C17H22N2O2/c1-11(2)17(21)19-9-7-12-10-13(5-6-15(12)19)16(20)14-4-3-8-18-14/h5-6,10-11,14,18H,3-4,7-9H2,1-2H3. The van der Waals surface area contributed by atoms with Gasteiger partial charge in [0.25, 0.3) is 0 Å². The van der Waals surface area contributed by atoms with Gasteiger partial charge in [0, 0.05) is 23.7 Å². The molecule has 0 spiro atoms. The Hall–Kier alpha value is -1.68. The largest absolute Gasteiger partial charge is 0.312 e. The summed E-state index contributed by atoms with van der Waals surface area (Å²) in [5.74, 6) is 0.342. The number of ketones is 1. The molecule has 4 heteroatoms. The molecule has 0 bridgehead atoms. The molecule has 0 saturated carbocycles. The van der Waals surface area contributed by atoms with Crippen molar-refractivity contribution in [1.82, 2.24) is 5.32 Å². The fourth-order valence-corrected chi connectivity index (χ4v) is 3.21. The quantitative estimate of drug-likeness (QED) is 0.866. The Morgan fingerprint density at radius 3 is 2.81 bits per heavy atom. The molecule has 0 radical (unpaired) electrons. The van der Waals surface area contributed by atoms with Gasteiger partial charge in [-0.15, -0.1) is 0 Å². The highest BCUT2D eigenvalue weighted by molar-refractivity contribution is 6.02. The zero-order valence-electron chi connectivity index (χ0n) is 12.7. The number of anilines is 1. The number of nitrogens with zero attached hydrogens (tertiary/aromatic N) is 1. The molecule has 1 N–H and O–H groups in total. The SMILES string of the molecule is CC(C)C(=O)N1CCc2cc(C(=O)C3CCCN3)ccc21. The van der Waals surface area contributed by atoms with Crippen LogP contribution >= 0.6 is 0 Å². The first-order chi connectivity index (χ1) is 10.1. The van der Waals surface area contributed by atoms with E-state index in [4.69, 9.17) is 0 Å². The van der Waals surface area contributed by atoms with Gasteiger partial charge in [-0.2, -0.15) is 0 Å². The Morgan fingerprint density at radius 2 is 2.14 bits per heavy atom. The number of Topliss-reactive ketones (excluding diaryl/α,β-unsaturated/α-hetero) is 1. The van der Waals surface area contributed by atoms with Crippen LogP contribution in [-0.2, 0) is 11.2 Å². The average Bonchev–Trinajstić information content (AvgIpc) is 3.14. The first-order valence-electron chi connectivity index (χ1n) is 7.80. The maximum atomic E-state index is 12.4. The zero-order valence-corrected chi connectivity index (χ0v) is 12.7. The maximum absolute atomic E-state index is 12.4. The lowest BCUT2D eigenvalue weighted by atomic mass is 10.00. The summed E-state index contributed by atoms with van der Waals surface area (Å²) in [6.45, 7) is 5.50.